The van der Waals surface area contributed by atoms with E-state index in [1.165, 1.54) is 9.80 Å². The molecule has 0 saturated carbocycles. The molecule has 2 aliphatic rings. The summed E-state index contributed by atoms with van der Waals surface area (Å²) >= 11 is 0. The van der Waals surface area contributed by atoms with Crippen LogP contribution >= 0.6 is 0 Å². The zero-order valence-electron chi connectivity index (χ0n) is 20.8. The van der Waals surface area contributed by atoms with Gasteiger partial charge in [0.1, 0.15) is 34.7 Å². The van der Waals surface area contributed by atoms with Crippen molar-refractivity contribution in [2.24, 2.45) is 0 Å². The molecule has 0 bridgehead atoms. The van der Waals surface area contributed by atoms with Gasteiger partial charge in [0, 0.05) is 0 Å². The SMILES string of the molecule is CC(C)(C)OC(=O)N1C(C#CC(=O)C2COC(C)(C)N2C(=O)OC(C)(C)C)COC1(C)C. The first-order valence-electron chi connectivity index (χ1n) is 10.7. The van der Waals surface area contributed by atoms with Crippen LogP contribution in [-0.4, -0.2) is 75.7 Å². The van der Waals surface area contributed by atoms with Gasteiger partial charge in [0.15, 0.2) is 0 Å². The molecular weight excluding hydrogens is 416 g/mol. The van der Waals surface area contributed by atoms with Crippen LogP contribution in [0.15, 0.2) is 0 Å². The summed E-state index contributed by atoms with van der Waals surface area (Å²) in [6.07, 6.45) is -1.23. The van der Waals surface area contributed by atoms with Gasteiger partial charge < -0.3 is 18.9 Å². The van der Waals surface area contributed by atoms with E-state index >= 15 is 0 Å². The molecule has 0 aromatic carbocycles. The summed E-state index contributed by atoms with van der Waals surface area (Å²) in [5, 5.41) is 0. The molecule has 0 spiro atoms. The number of nitrogens with zero attached hydrogens (tertiary/aromatic N) is 2. The highest BCUT2D eigenvalue weighted by molar-refractivity contribution is 6.01. The molecule has 0 aromatic rings. The molecule has 0 N–H and O–H groups in total. The minimum absolute atomic E-state index is 0.00218. The Kier molecular flexibility index (Phi) is 6.94. The maximum absolute atomic E-state index is 13.0. The number of amides is 2. The normalized spacial score (nSPS) is 24.6. The second kappa shape index (κ2) is 8.56. The number of carbonyl (C=O) groups is 3. The van der Waals surface area contributed by atoms with Crippen molar-refractivity contribution in [2.45, 2.75) is 104 Å². The highest BCUT2D eigenvalue weighted by Crippen LogP contribution is 2.31. The highest BCUT2D eigenvalue weighted by Gasteiger charge is 2.49. The van der Waals surface area contributed by atoms with E-state index in [0.717, 1.165) is 0 Å². The first-order chi connectivity index (χ1) is 14.3. The average molecular weight is 453 g/mol. The lowest BCUT2D eigenvalue weighted by atomic mass is 10.1. The summed E-state index contributed by atoms with van der Waals surface area (Å²) < 4.78 is 22.3. The van der Waals surface area contributed by atoms with Crippen LogP contribution < -0.4 is 0 Å². The van der Waals surface area contributed by atoms with E-state index in [1.54, 1.807) is 69.2 Å². The van der Waals surface area contributed by atoms with E-state index in [1.807, 2.05) is 0 Å². The van der Waals surface area contributed by atoms with Crippen molar-refractivity contribution in [1.29, 1.82) is 0 Å². The van der Waals surface area contributed by atoms with Gasteiger partial charge in [-0.1, -0.05) is 5.92 Å². The molecule has 2 heterocycles. The van der Waals surface area contributed by atoms with Gasteiger partial charge in [0.2, 0.25) is 5.78 Å². The molecule has 2 fully saturated rings. The van der Waals surface area contributed by atoms with E-state index in [-0.39, 0.29) is 13.2 Å². The number of hydrogen-bond donors (Lipinski definition) is 0. The zero-order chi connectivity index (χ0) is 24.7. The van der Waals surface area contributed by atoms with Gasteiger partial charge in [0.05, 0.1) is 13.2 Å². The Balaban J connectivity index is 2.23. The van der Waals surface area contributed by atoms with E-state index < -0.39 is 52.7 Å². The van der Waals surface area contributed by atoms with Crippen LogP contribution in [-0.2, 0) is 23.7 Å². The van der Waals surface area contributed by atoms with Gasteiger partial charge >= 0.3 is 12.2 Å². The maximum atomic E-state index is 13.0. The molecule has 2 amide bonds. The van der Waals surface area contributed by atoms with Crippen LogP contribution in [0.1, 0.15) is 69.2 Å². The fraction of sp³-hybridized carbons (Fsp3) is 0.783. The molecule has 2 unspecified atom stereocenters. The van der Waals surface area contributed by atoms with E-state index in [2.05, 4.69) is 11.8 Å². The van der Waals surface area contributed by atoms with Crippen LogP contribution in [0.2, 0.25) is 0 Å². The third-order valence-corrected chi connectivity index (χ3v) is 4.82. The number of ketones is 1. The monoisotopic (exact) mass is 452 g/mol. The quantitative estimate of drug-likeness (QED) is 0.445. The lowest BCUT2D eigenvalue weighted by Crippen LogP contribution is -2.52. The van der Waals surface area contributed by atoms with E-state index in [9.17, 15) is 14.4 Å². The first kappa shape index (κ1) is 25.9. The zero-order valence-corrected chi connectivity index (χ0v) is 20.8. The van der Waals surface area contributed by atoms with Crippen LogP contribution in [0.4, 0.5) is 9.59 Å². The van der Waals surface area contributed by atoms with Crippen molar-refractivity contribution >= 4 is 18.0 Å². The number of rotatable bonds is 1. The molecule has 2 aliphatic heterocycles. The minimum atomic E-state index is -1.02. The Hall–Kier alpha value is -2.31. The summed E-state index contributed by atoms with van der Waals surface area (Å²) in [5.74, 6) is 4.92. The Morgan fingerprint density at radius 1 is 0.812 bits per heavy atom. The molecule has 180 valence electrons. The molecule has 2 atom stereocenters. The average Bonchev–Trinajstić information content (AvgIpc) is 3.04. The largest absolute Gasteiger partial charge is 0.444 e. The van der Waals surface area contributed by atoms with Crippen LogP contribution in [0, 0.1) is 11.8 Å². The third kappa shape index (κ3) is 6.14. The number of ether oxygens (including phenoxy) is 4. The molecule has 2 saturated heterocycles. The van der Waals surface area contributed by atoms with Crippen molar-refractivity contribution < 1.29 is 33.3 Å². The van der Waals surface area contributed by atoms with Crippen molar-refractivity contribution in [1.82, 2.24) is 9.80 Å². The van der Waals surface area contributed by atoms with Gasteiger partial charge in [-0.05, 0) is 75.2 Å². The summed E-state index contributed by atoms with van der Waals surface area (Å²) in [6, 6.07) is -1.59. The van der Waals surface area contributed by atoms with Gasteiger partial charge in [-0.3, -0.25) is 14.6 Å². The van der Waals surface area contributed by atoms with Crippen molar-refractivity contribution in [3.8, 4) is 11.8 Å². The van der Waals surface area contributed by atoms with Gasteiger partial charge in [-0.2, -0.15) is 0 Å². The predicted octanol–water partition coefficient (Wildman–Crippen LogP) is 3.30. The third-order valence-electron chi connectivity index (χ3n) is 4.82. The molecule has 0 radical (unpaired) electrons. The second-order valence-corrected chi connectivity index (χ2v) is 10.9. The van der Waals surface area contributed by atoms with Gasteiger partial charge in [0.25, 0.3) is 0 Å². The molecule has 0 aromatic heterocycles. The topological polar surface area (TPSA) is 94.6 Å². The van der Waals surface area contributed by atoms with E-state index in [0.29, 0.717) is 0 Å². The van der Waals surface area contributed by atoms with E-state index in [4.69, 9.17) is 18.9 Å². The van der Waals surface area contributed by atoms with Gasteiger partial charge in [-0.15, -0.1) is 0 Å². The van der Waals surface area contributed by atoms with Crippen LogP contribution in [0.5, 0.6) is 0 Å². The number of Topliss-reactive ketones (excluding diaryl/α,β-unsaturated/α-hetero) is 1. The summed E-state index contributed by atoms with van der Waals surface area (Å²) in [5.41, 5.74) is -3.38. The Morgan fingerprint density at radius 2 is 1.25 bits per heavy atom. The summed E-state index contributed by atoms with van der Waals surface area (Å²) in [6.45, 7) is 17.5. The molecule has 9 nitrogen and oxygen atoms in total. The smallest absolute Gasteiger partial charge is 0.413 e. The molecule has 2 rings (SSSR count). The predicted molar refractivity (Wildman–Crippen MR) is 117 cm³/mol. The van der Waals surface area contributed by atoms with Crippen molar-refractivity contribution in [2.75, 3.05) is 13.2 Å². The van der Waals surface area contributed by atoms with Crippen molar-refractivity contribution in [3.63, 3.8) is 0 Å². The fourth-order valence-corrected chi connectivity index (χ4v) is 3.46. The summed E-state index contributed by atoms with van der Waals surface area (Å²) in [7, 11) is 0. The molecule has 32 heavy (non-hydrogen) atoms. The van der Waals surface area contributed by atoms with Crippen LogP contribution in [0.25, 0.3) is 0 Å². The minimum Gasteiger partial charge on any atom is -0.444 e. The number of carbonyl (C=O) groups excluding carboxylic acids is 3. The number of hydrogen-bond acceptors (Lipinski definition) is 7. The standard InChI is InChI=1S/C23H36N2O7/c1-20(2,3)31-18(27)24-15(13-29-22(24,7)8)11-12-17(26)16-14-30-23(9,10)25(16)19(28)32-21(4,5)6/h15-16H,13-14H2,1-10H3. The lowest BCUT2D eigenvalue weighted by molar-refractivity contribution is -0.119. The Morgan fingerprint density at radius 3 is 1.75 bits per heavy atom. The van der Waals surface area contributed by atoms with Gasteiger partial charge in [-0.25, -0.2) is 9.59 Å². The Bertz CT molecular complexity index is 824. The first-order valence-corrected chi connectivity index (χ1v) is 10.7. The second-order valence-electron chi connectivity index (χ2n) is 10.9. The highest BCUT2D eigenvalue weighted by atomic mass is 16.6. The summed E-state index contributed by atoms with van der Waals surface area (Å²) in [4.78, 5) is 41.1. The Labute approximate surface area is 190 Å². The molecular formula is C23H36N2O7. The van der Waals surface area contributed by atoms with Crippen molar-refractivity contribution in [3.05, 3.63) is 0 Å². The maximum Gasteiger partial charge on any atom is 0.413 e. The lowest BCUT2D eigenvalue weighted by Gasteiger charge is -2.34. The fourth-order valence-electron chi connectivity index (χ4n) is 3.46. The van der Waals surface area contributed by atoms with Crippen LogP contribution in [0.3, 0.4) is 0 Å². The molecule has 0 aliphatic carbocycles. The molecule has 9 heteroatoms.